The minimum absolute atomic E-state index is 0.113. The first-order valence-electron chi connectivity index (χ1n) is 6.61. The average molecular weight is 293 g/mol. The molecule has 2 heterocycles. The van der Waals surface area contributed by atoms with E-state index in [0.29, 0.717) is 12.8 Å². The van der Waals surface area contributed by atoms with E-state index in [-0.39, 0.29) is 6.79 Å². The third-order valence-corrected chi connectivity index (χ3v) is 3.26. The van der Waals surface area contributed by atoms with Crippen LogP contribution in [-0.4, -0.2) is 18.9 Å². The second-order valence-electron chi connectivity index (χ2n) is 4.85. The molecule has 1 unspecified atom stereocenters. The molecule has 2 fully saturated rings. The van der Waals surface area contributed by atoms with Gasteiger partial charge in [0, 0.05) is 18.9 Å². The summed E-state index contributed by atoms with van der Waals surface area (Å²) in [4.78, 5) is 19.7. The Morgan fingerprint density at radius 3 is 2.90 bits per heavy atom. The number of nitrogens with zero attached hydrogens (tertiary/aromatic N) is 1. The first-order chi connectivity index (χ1) is 10.2. The van der Waals surface area contributed by atoms with Crippen molar-refractivity contribution in [2.45, 2.75) is 38.1 Å². The van der Waals surface area contributed by atoms with Crippen molar-refractivity contribution in [2.24, 2.45) is 0 Å². The monoisotopic (exact) mass is 293 g/mol. The van der Waals surface area contributed by atoms with Crippen LogP contribution in [-0.2, 0) is 35.4 Å². The molecule has 0 radical (unpaired) electrons. The van der Waals surface area contributed by atoms with Crippen LogP contribution >= 0.6 is 0 Å². The SMILES string of the molecule is C[C@]1(C#N)OO[C@H](CCc2ccccc2C2OCOO2)O1. The summed E-state index contributed by atoms with van der Waals surface area (Å²) in [5, 5.41) is 8.89. The van der Waals surface area contributed by atoms with Crippen molar-refractivity contribution < 1.29 is 29.0 Å². The van der Waals surface area contributed by atoms with Crippen molar-refractivity contribution >= 4 is 0 Å². The predicted octanol–water partition coefficient (Wildman–Crippen LogP) is 2.10. The number of aryl methyl sites for hydroxylation is 1. The molecule has 0 N–H and O–H groups in total. The van der Waals surface area contributed by atoms with E-state index >= 15 is 0 Å². The molecule has 2 saturated heterocycles. The molecule has 3 rings (SSSR count). The number of ether oxygens (including phenoxy) is 2. The summed E-state index contributed by atoms with van der Waals surface area (Å²) in [5.41, 5.74) is 1.93. The van der Waals surface area contributed by atoms with Gasteiger partial charge in [-0.3, -0.25) is 0 Å². The van der Waals surface area contributed by atoms with Crippen molar-refractivity contribution in [1.29, 1.82) is 5.26 Å². The molecule has 7 nitrogen and oxygen atoms in total. The van der Waals surface area contributed by atoms with Crippen LogP contribution in [0.3, 0.4) is 0 Å². The Hall–Kier alpha value is -1.53. The molecule has 0 spiro atoms. The van der Waals surface area contributed by atoms with Crippen molar-refractivity contribution in [3.63, 3.8) is 0 Å². The lowest BCUT2D eigenvalue weighted by atomic mass is 10.0. The molecule has 0 saturated carbocycles. The summed E-state index contributed by atoms with van der Waals surface area (Å²) in [6.07, 6.45) is 0.105. The summed E-state index contributed by atoms with van der Waals surface area (Å²) < 4.78 is 10.7. The highest BCUT2D eigenvalue weighted by atomic mass is 17.3. The van der Waals surface area contributed by atoms with Crippen molar-refractivity contribution in [3.05, 3.63) is 35.4 Å². The predicted molar refractivity (Wildman–Crippen MR) is 66.7 cm³/mol. The van der Waals surface area contributed by atoms with Crippen LogP contribution in [0.5, 0.6) is 0 Å². The fourth-order valence-corrected chi connectivity index (χ4v) is 2.20. The van der Waals surface area contributed by atoms with E-state index < -0.39 is 18.4 Å². The van der Waals surface area contributed by atoms with Crippen LogP contribution in [0.15, 0.2) is 24.3 Å². The first kappa shape index (κ1) is 14.4. The highest BCUT2D eigenvalue weighted by Gasteiger charge is 2.39. The normalized spacial score (nSPS) is 32.2. The molecule has 21 heavy (non-hydrogen) atoms. The Morgan fingerprint density at radius 1 is 1.33 bits per heavy atom. The smallest absolute Gasteiger partial charge is 0.288 e. The van der Waals surface area contributed by atoms with Gasteiger partial charge < -0.3 is 9.47 Å². The number of rotatable bonds is 4. The Labute approximate surface area is 121 Å². The van der Waals surface area contributed by atoms with E-state index in [1.54, 1.807) is 0 Å². The number of hydrogen-bond donors (Lipinski definition) is 0. The van der Waals surface area contributed by atoms with Crippen LogP contribution in [0.1, 0.15) is 30.8 Å². The van der Waals surface area contributed by atoms with Gasteiger partial charge in [0.2, 0.25) is 6.29 Å². The van der Waals surface area contributed by atoms with E-state index in [1.807, 2.05) is 30.3 Å². The molecule has 1 aromatic rings. The van der Waals surface area contributed by atoms with Crippen LogP contribution in [0, 0.1) is 11.3 Å². The van der Waals surface area contributed by atoms with Gasteiger partial charge in [0.25, 0.3) is 5.79 Å². The van der Waals surface area contributed by atoms with Crippen LogP contribution in [0.2, 0.25) is 0 Å². The number of hydrogen-bond acceptors (Lipinski definition) is 7. The van der Waals surface area contributed by atoms with Gasteiger partial charge in [-0.05, 0) is 12.0 Å². The lowest BCUT2D eigenvalue weighted by Crippen LogP contribution is -2.24. The van der Waals surface area contributed by atoms with Crippen molar-refractivity contribution in [3.8, 4) is 6.07 Å². The Kier molecular flexibility index (Phi) is 4.17. The van der Waals surface area contributed by atoms with Crippen molar-refractivity contribution in [1.82, 2.24) is 0 Å². The molecule has 1 aromatic carbocycles. The van der Waals surface area contributed by atoms with Gasteiger partial charge in [0.15, 0.2) is 13.1 Å². The first-order valence-corrected chi connectivity index (χ1v) is 6.61. The summed E-state index contributed by atoms with van der Waals surface area (Å²) in [6, 6.07) is 9.62. The van der Waals surface area contributed by atoms with Crippen molar-refractivity contribution in [2.75, 3.05) is 6.79 Å². The maximum atomic E-state index is 8.89. The fraction of sp³-hybridized carbons (Fsp3) is 0.500. The zero-order valence-electron chi connectivity index (χ0n) is 11.5. The van der Waals surface area contributed by atoms with Gasteiger partial charge in [0.05, 0.1) is 0 Å². The molecule has 2 aliphatic rings. The summed E-state index contributed by atoms with van der Waals surface area (Å²) in [6.45, 7) is 1.63. The maximum absolute atomic E-state index is 8.89. The topological polar surface area (TPSA) is 79.2 Å². The molecule has 112 valence electrons. The molecule has 0 aromatic heterocycles. The Morgan fingerprint density at radius 2 is 2.19 bits per heavy atom. The van der Waals surface area contributed by atoms with Gasteiger partial charge in [-0.1, -0.05) is 24.3 Å². The summed E-state index contributed by atoms with van der Waals surface area (Å²) >= 11 is 0. The van der Waals surface area contributed by atoms with Crippen LogP contribution in [0.25, 0.3) is 0 Å². The standard InChI is InChI=1S/C14H15NO6/c1-14(8-15)18-12(19-21-14)7-6-10-4-2-3-5-11(10)13-16-9-17-20-13/h2-5,12-13H,6-7,9H2,1H3/t12-,13?,14-/m1/s1. The highest BCUT2D eigenvalue weighted by molar-refractivity contribution is 5.28. The van der Waals surface area contributed by atoms with E-state index in [1.165, 1.54) is 6.92 Å². The number of benzene rings is 1. The molecule has 2 aliphatic heterocycles. The van der Waals surface area contributed by atoms with Gasteiger partial charge in [-0.2, -0.15) is 15.0 Å². The Bertz CT molecular complexity index is 539. The van der Waals surface area contributed by atoms with E-state index in [0.717, 1.165) is 11.1 Å². The van der Waals surface area contributed by atoms with Gasteiger partial charge in [0.1, 0.15) is 6.07 Å². The number of nitriles is 1. The lowest BCUT2D eigenvalue weighted by Gasteiger charge is -2.14. The molecule has 7 heteroatoms. The third-order valence-electron chi connectivity index (χ3n) is 3.26. The molecule has 0 amide bonds. The second-order valence-corrected chi connectivity index (χ2v) is 4.85. The largest absolute Gasteiger partial charge is 0.316 e. The van der Waals surface area contributed by atoms with Gasteiger partial charge in [-0.15, -0.1) is 0 Å². The highest BCUT2D eigenvalue weighted by Crippen LogP contribution is 2.30. The zero-order chi connectivity index (χ0) is 14.7. The summed E-state index contributed by atoms with van der Waals surface area (Å²) in [5.74, 6) is -1.34. The van der Waals surface area contributed by atoms with Gasteiger partial charge in [-0.25, -0.2) is 9.78 Å². The maximum Gasteiger partial charge on any atom is 0.288 e. The molecule has 3 atom stereocenters. The minimum atomic E-state index is -1.34. The van der Waals surface area contributed by atoms with Crippen LogP contribution < -0.4 is 0 Å². The zero-order valence-corrected chi connectivity index (χ0v) is 11.5. The minimum Gasteiger partial charge on any atom is -0.316 e. The lowest BCUT2D eigenvalue weighted by molar-refractivity contribution is -0.311. The van der Waals surface area contributed by atoms with E-state index in [2.05, 4.69) is 0 Å². The molecular formula is C14H15NO6. The molecule has 0 bridgehead atoms. The van der Waals surface area contributed by atoms with Gasteiger partial charge >= 0.3 is 0 Å². The molecule has 0 aliphatic carbocycles. The average Bonchev–Trinajstić information content (AvgIpc) is 3.16. The summed E-state index contributed by atoms with van der Waals surface area (Å²) in [7, 11) is 0. The molecular weight excluding hydrogens is 278 g/mol. The Balaban J connectivity index is 1.62. The van der Waals surface area contributed by atoms with E-state index in [9.17, 15) is 0 Å². The second kappa shape index (κ2) is 6.07. The third kappa shape index (κ3) is 3.22. The van der Waals surface area contributed by atoms with Crippen LogP contribution in [0.4, 0.5) is 0 Å². The van der Waals surface area contributed by atoms with E-state index in [4.69, 9.17) is 34.3 Å². The quantitative estimate of drug-likeness (QED) is 0.786. The fourth-order valence-electron chi connectivity index (χ4n) is 2.20.